The smallest absolute Gasteiger partial charge is 0.220 e. The average molecular weight is 311 g/mol. The van der Waals surface area contributed by atoms with Gasteiger partial charge >= 0.3 is 0 Å². The van der Waals surface area contributed by atoms with Crippen LogP contribution in [0.2, 0.25) is 0 Å². The van der Waals surface area contributed by atoms with Crippen molar-refractivity contribution in [1.29, 1.82) is 0 Å². The molecule has 2 unspecified atom stereocenters. The molecule has 0 aromatic heterocycles. The Hall–Kier alpha value is -1.39. The first-order chi connectivity index (χ1) is 9.66. The van der Waals surface area contributed by atoms with Crippen LogP contribution in [0, 0.1) is 5.92 Å². The van der Waals surface area contributed by atoms with Gasteiger partial charge in [0, 0.05) is 24.4 Å². The normalized spacial score (nSPS) is 21.2. The van der Waals surface area contributed by atoms with Crippen molar-refractivity contribution in [3.05, 3.63) is 35.9 Å². The van der Waals surface area contributed by atoms with Crippen LogP contribution in [-0.2, 0) is 4.79 Å². The molecule has 1 saturated heterocycles. The molecular formula is C16H23ClN2O2. The Kier molecular flexibility index (Phi) is 7.40. The summed E-state index contributed by atoms with van der Waals surface area (Å²) in [6.45, 7) is 4.01. The maximum atomic E-state index is 11.9. The van der Waals surface area contributed by atoms with Crippen molar-refractivity contribution in [3.8, 4) is 0 Å². The van der Waals surface area contributed by atoms with Gasteiger partial charge in [0.1, 0.15) is 0 Å². The van der Waals surface area contributed by atoms with E-state index in [1.165, 1.54) is 0 Å². The van der Waals surface area contributed by atoms with Crippen LogP contribution in [0.4, 0.5) is 0 Å². The molecule has 1 aliphatic rings. The summed E-state index contributed by atoms with van der Waals surface area (Å²) in [6.07, 6.45) is 1.50. The fourth-order valence-corrected chi connectivity index (χ4v) is 2.50. The number of hydrogen-bond donors (Lipinski definition) is 2. The second-order valence-corrected chi connectivity index (χ2v) is 5.43. The number of halogens is 1. The topological polar surface area (TPSA) is 58.2 Å². The summed E-state index contributed by atoms with van der Waals surface area (Å²) in [5, 5.41) is 6.35. The van der Waals surface area contributed by atoms with Gasteiger partial charge in [-0.15, -0.1) is 12.4 Å². The van der Waals surface area contributed by atoms with Gasteiger partial charge in [-0.25, -0.2) is 0 Å². The zero-order chi connectivity index (χ0) is 14.4. The first kappa shape index (κ1) is 17.7. The molecule has 4 nitrogen and oxygen atoms in total. The third-order valence-electron chi connectivity index (χ3n) is 3.81. The maximum Gasteiger partial charge on any atom is 0.220 e. The molecule has 0 radical (unpaired) electrons. The third kappa shape index (κ3) is 5.48. The molecule has 2 N–H and O–H groups in total. The number of hydrogen-bond acceptors (Lipinski definition) is 3. The molecule has 1 aromatic carbocycles. The maximum absolute atomic E-state index is 11.9. The quantitative estimate of drug-likeness (QED) is 0.820. The van der Waals surface area contributed by atoms with E-state index in [-0.39, 0.29) is 43.0 Å². The predicted molar refractivity (Wildman–Crippen MR) is 85.8 cm³/mol. The average Bonchev–Trinajstić information content (AvgIpc) is 2.48. The molecule has 0 spiro atoms. The molecule has 0 bridgehead atoms. The highest BCUT2D eigenvalue weighted by Crippen LogP contribution is 2.11. The van der Waals surface area contributed by atoms with Crippen molar-refractivity contribution in [2.75, 3.05) is 13.1 Å². The summed E-state index contributed by atoms with van der Waals surface area (Å²) < 4.78 is 0. The van der Waals surface area contributed by atoms with Crippen LogP contribution in [0.3, 0.4) is 0 Å². The van der Waals surface area contributed by atoms with Crippen LogP contribution in [0.5, 0.6) is 0 Å². The van der Waals surface area contributed by atoms with Crippen LogP contribution >= 0.6 is 12.4 Å². The van der Waals surface area contributed by atoms with E-state index >= 15 is 0 Å². The molecule has 0 aliphatic carbocycles. The fourth-order valence-electron chi connectivity index (χ4n) is 2.50. The fraction of sp³-hybridized carbons (Fsp3) is 0.500. The molecule has 5 heteroatoms. The SMILES string of the molecule is CC1CNCCC1NC(=O)CCC(=O)c1ccccc1.Cl. The van der Waals surface area contributed by atoms with Crippen LogP contribution in [0.25, 0.3) is 0 Å². The Morgan fingerprint density at radius 1 is 1.24 bits per heavy atom. The zero-order valence-corrected chi connectivity index (χ0v) is 13.1. The lowest BCUT2D eigenvalue weighted by Crippen LogP contribution is -2.48. The molecule has 1 fully saturated rings. The van der Waals surface area contributed by atoms with Crippen LogP contribution in [0.1, 0.15) is 36.5 Å². The van der Waals surface area contributed by atoms with Crippen molar-refractivity contribution < 1.29 is 9.59 Å². The largest absolute Gasteiger partial charge is 0.353 e. The van der Waals surface area contributed by atoms with Crippen molar-refractivity contribution in [2.45, 2.75) is 32.2 Å². The second kappa shape index (κ2) is 8.80. The Morgan fingerprint density at radius 2 is 1.95 bits per heavy atom. The van der Waals surface area contributed by atoms with Gasteiger partial charge in [-0.1, -0.05) is 37.3 Å². The highest BCUT2D eigenvalue weighted by atomic mass is 35.5. The minimum atomic E-state index is -0.0203. The van der Waals surface area contributed by atoms with Gasteiger partial charge in [0.25, 0.3) is 0 Å². The van der Waals surface area contributed by atoms with E-state index in [4.69, 9.17) is 0 Å². The molecule has 21 heavy (non-hydrogen) atoms. The number of benzene rings is 1. The number of piperidine rings is 1. The van der Waals surface area contributed by atoms with Gasteiger partial charge in [-0.05, 0) is 25.4 Å². The molecule has 1 aliphatic heterocycles. The highest BCUT2D eigenvalue weighted by Gasteiger charge is 2.22. The molecular weight excluding hydrogens is 288 g/mol. The lowest BCUT2D eigenvalue weighted by molar-refractivity contribution is -0.122. The van der Waals surface area contributed by atoms with Gasteiger partial charge in [-0.2, -0.15) is 0 Å². The van der Waals surface area contributed by atoms with Gasteiger partial charge in [0.15, 0.2) is 5.78 Å². The predicted octanol–water partition coefficient (Wildman–Crippen LogP) is 2.19. The minimum Gasteiger partial charge on any atom is -0.353 e. The van der Waals surface area contributed by atoms with E-state index in [1.54, 1.807) is 12.1 Å². The lowest BCUT2D eigenvalue weighted by atomic mass is 9.95. The third-order valence-corrected chi connectivity index (χ3v) is 3.81. The van der Waals surface area contributed by atoms with Gasteiger partial charge in [0.05, 0.1) is 0 Å². The number of nitrogens with one attached hydrogen (secondary N) is 2. The van der Waals surface area contributed by atoms with Crippen molar-refractivity contribution >= 4 is 24.1 Å². The van der Waals surface area contributed by atoms with E-state index in [9.17, 15) is 9.59 Å². The van der Waals surface area contributed by atoms with E-state index in [1.807, 2.05) is 18.2 Å². The van der Waals surface area contributed by atoms with E-state index in [2.05, 4.69) is 17.6 Å². The minimum absolute atomic E-state index is 0. The number of Topliss-reactive ketones (excluding diaryl/α,β-unsaturated/α-hetero) is 1. The highest BCUT2D eigenvalue weighted by molar-refractivity contribution is 5.97. The molecule has 1 heterocycles. The Labute approximate surface area is 132 Å². The summed E-state index contributed by atoms with van der Waals surface area (Å²) in [5.74, 6) is 0.449. The zero-order valence-electron chi connectivity index (χ0n) is 12.3. The molecule has 0 saturated carbocycles. The Bertz CT molecular complexity index is 465. The molecule has 1 aromatic rings. The Morgan fingerprint density at radius 3 is 2.62 bits per heavy atom. The molecule has 2 atom stereocenters. The van der Waals surface area contributed by atoms with Crippen LogP contribution < -0.4 is 10.6 Å². The van der Waals surface area contributed by atoms with Gasteiger partial charge in [-0.3, -0.25) is 9.59 Å². The molecule has 1 amide bonds. The standard InChI is InChI=1S/C16H22N2O2.ClH/c1-12-11-17-10-9-14(12)18-16(20)8-7-15(19)13-5-3-2-4-6-13;/h2-6,12,14,17H,7-11H2,1H3,(H,18,20);1H. The van der Waals surface area contributed by atoms with Gasteiger partial charge in [0.2, 0.25) is 5.91 Å². The van der Waals surface area contributed by atoms with Crippen molar-refractivity contribution in [1.82, 2.24) is 10.6 Å². The summed E-state index contributed by atoms with van der Waals surface area (Å²) >= 11 is 0. The van der Waals surface area contributed by atoms with Gasteiger partial charge < -0.3 is 10.6 Å². The monoisotopic (exact) mass is 310 g/mol. The van der Waals surface area contributed by atoms with Crippen molar-refractivity contribution in [2.24, 2.45) is 5.92 Å². The number of ketones is 1. The first-order valence-corrected chi connectivity index (χ1v) is 7.25. The van der Waals surface area contributed by atoms with Crippen LogP contribution in [-0.4, -0.2) is 30.8 Å². The number of carbonyl (C=O) groups is 2. The summed E-state index contributed by atoms with van der Waals surface area (Å²) in [7, 11) is 0. The molecule has 2 rings (SSSR count). The number of rotatable bonds is 5. The molecule has 116 valence electrons. The van der Waals surface area contributed by atoms with E-state index < -0.39 is 0 Å². The van der Waals surface area contributed by atoms with E-state index in [0.717, 1.165) is 19.5 Å². The van der Waals surface area contributed by atoms with Crippen molar-refractivity contribution in [3.63, 3.8) is 0 Å². The Balaban J connectivity index is 0.00000220. The lowest BCUT2D eigenvalue weighted by Gasteiger charge is -2.30. The number of amides is 1. The summed E-state index contributed by atoms with van der Waals surface area (Å²) in [6, 6.07) is 9.36. The van der Waals surface area contributed by atoms with Crippen LogP contribution in [0.15, 0.2) is 30.3 Å². The first-order valence-electron chi connectivity index (χ1n) is 7.25. The van der Waals surface area contributed by atoms with E-state index in [0.29, 0.717) is 11.5 Å². The summed E-state index contributed by atoms with van der Waals surface area (Å²) in [5.41, 5.74) is 0.676. The second-order valence-electron chi connectivity index (χ2n) is 5.43. The summed E-state index contributed by atoms with van der Waals surface area (Å²) in [4.78, 5) is 23.8. The number of carbonyl (C=O) groups excluding carboxylic acids is 2.